The van der Waals surface area contributed by atoms with Crippen LogP contribution >= 0.6 is 0 Å². The molecular formula is C18H20FNO. The van der Waals surface area contributed by atoms with E-state index in [1.165, 1.54) is 23.3 Å². The van der Waals surface area contributed by atoms with E-state index in [2.05, 4.69) is 12.1 Å². The van der Waals surface area contributed by atoms with E-state index in [4.69, 9.17) is 5.73 Å². The molecule has 0 bridgehead atoms. The summed E-state index contributed by atoms with van der Waals surface area (Å²) in [6.07, 6.45) is 4.45. The number of carbonyl (C=O) groups excluding carboxylic acids is 1. The maximum absolute atomic E-state index is 12.8. The number of unbranched alkanes of at least 4 members (excludes halogenated alkanes) is 1. The second-order valence-electron chi connectivity index (χ2n) is 5.29. The van der Waals surface area contributed by atoms with Crippen LogP contribution < -0.4 is 5.73 Å². The van der Waals surface area contributed by atoms with Crippen LogP contribution in [0.3, 0.4) is 0 Å². The van der Waals surface area contributed by atoms with Gasteiger partial charge in [-0.3, -0.25) is 4.79 Å². The first kappa shape index (κ1) is 15.2. The average molecular weight is 285 g/mol. The van der Waals surface area contributed by atoms with Crippen molar-refractivity contribution < 1.29 is 9.18 Å². The number of halogens is 1. The Morgan fingerprint density at radius 2 is 1.24 bits per heavy atom. The second-order valence-corrected chi connectivity index (χ2v) is 5.29. The quantitative estimate of drug-likeness (QED) is 0.778. The molecule has 2 rings (SSSR count). The summed E-state index contributed by atoms with van der Waals surface area (Å²) in [7, 11) is 0. The Kier molecular flexibility index (Phi) is 5.50. The van der Waals surface area contributed by atoms with Crippen LogP contribution in [0.2, 0.25) is 0 Å². The van der Waals surface area contributed by atoms with E-state index in [-0.39, 0.29) is 11.7 Å². The van der Waals surface area contributed by atoms with Crippen LogP contribution in [0.4, 0.5) is 4.39 Å². The molecule has 2 N–H and O–H groups in total. The molecule has 21 heavy (non-hydrogen) atoms. The minimum atomic E-state index is -0.304. The summed E-state index contributed by atoms with van der Waals surface area (Å²) in [5.74, 6) is -0.489. The molecule has 0 aliphatic carbocycles. The summed E-state index contributed by atoms with van der Waals surface area (Å²) in [5, 5.41) is 0. The monoisotopic (exact) mass is 285 g/mol. The average Bonchev–Trinajstić information content (AvgIpc) is 2.46. The standard InChI is InChI=1S/C18H20FNO/c19-17-11-9-15(10-12-17)4-2-1-3-14-5-7-16(8-6-14)13-18(20)21/h5-12H,1-4,13H2,(H2,20,21). The zero-order chi connectivity index (χ0) is 15.1. The number of nitrogens with two attached hydrogens (primary N) is 1. The van der Waals surface area contributed by atoms with Gasteiger partial charge < -0.3 is 5.73 Å². The van der Waals surface area contributed by atoms with Crippen molar-refractivity contribution in [1.82, 2.24) is 0 Å². The number of aryl methyl sites for hydroxylation is 2. The molecule has 2 nitrogen and oxygen atoms in total. The fourth-order valence-corrected chi connectivity index (χ4v) is 2.33. The van der Waals surface area contributed by atoms with Gasteiger partial charge >= 0.3 is 0 Å². The van der Waals surface area contributed by atoms with Gasteiger partial charge in [-0.25, -0.2) is 4.39 Å². The van der Waals surface area contributed by atoms with Crippen molar-refractivity contribution in [3.05, 3.63) is 71.0 Å². The van der Waals surface area contributed by atoms with Crippen molar-refractivity contribution >= 4 is 5.91 Å². The lowest BCUT2D eigenvalue weighted by atomic mass is 10.0. The minimum Gasteiger partial charge on any atom is -0.369 e. The molecule has 0 aromatic heterocycles. The fraction of sp³-hybridized carbons (Fsp3) is 0.278. The summed E-state index contributed by atoms with van der Waals surface area (Å²) in [6.45, 7) is 0. The highest BCUT2D eigenvalue weighted by Gasteiger charge is 2.00. The minimum absolute atomic E-state index is 0.185. The van der Waals surface area contributed by atoms with E-state index in [9.17, 15) is 9.18 Å². The van der Waals surface area contributed by atoms with Crippen molar-refractivity contribution in [3.8, 4) is 0 Å². The third-order valence-corrected chi connectivity index (χ3v) is 3.50. The predicted octanol–water partition coefficient (Wildman–Crippen LogP) is 3.42. The lowest BCUT2D eigenvalue weighted by molar-refractivity contribution is -0.117. The molecule has 0 aliphatic rings. The number of rotatable bonds is 7. The largest absolute Gasteiger partial charge is 0.369 e. The van der Waals surface area contributed by atoms with E-state index in [1.807, 2.05) is 24.3 Å². The number of hydrogen-bond donors (Lipinski definition) is 1. The Balaban J connectivity index is 1.73. The maximum atomic E-state index is 12.8. The molecule has 0 heterocycles. The van der Waals surface area contributed by atoms with Crippen molar-refractivity contribution in [1.29, 1.82) is 0 Å². The van der Waals surface area contributed by atoms with E-state index < -0.39 is 0 Å². The molecule has 2 aromatic rings. The smallest absolute Gasteiger partial charge is 0.221 e. The highest BCUT2D eigenvalue weighted by atomic mass is 19.1. The molecule has 2 aromatic carbocycles. The summed E-state index contributed by atoms with van der Waals surface area (Å²) in [4.78, 5) is 10.8. The van der Waals surface area contributed by atoms with Gasteiger partial charge in [-0.2, -0.15) is 0 Å². The maximum Gasteiger partial charge on any atom is 0.221 e. The number of benzene rings is 2. The summed E-state index contributed by atoms with van der Waals surface area (Å²) < 4.78 is 12.8. The van der Waals surface area contributed by atoms with E-state index in [0.717, 1.165) is 31.2 Å². The number of primary amides is 1. The summed E-state index contributed by atoms with van der Waals surface area (Å²) >= 11 is 0. The van der Waals surface area contributed by atoms with Gasteiger partial charge in [0, 0.05) is 0 Å². The van der Waals surface area contributed by atoms with E-state index in [0.29, 0.717) is 6.42 Å². The van der Waals surface area contributed by atoms with Gasteiger partial charge in [0.15, 0.2) is 0 Å². The van der Waals surface area contributed by atoms with Crippen molar-refractivity contribution in [3.63, 3.8) is 0 Å². The molecule has 110 valence electrons. The molecule has 0 radical (unpaired) electrons. The lowest BCUT2D eigenvalue weighted by Crippen LogP contribution is -2.13. The van der Waals surface area contributed by atoms with Crippen LogP contribution in [0, 0.1) is 5.82 Å². The van der Waals surface area contributed by atoms with Crippen LogP contribution in [0.25, 0.3) is 0 Å². The number of hydrogen-bond acceptors (Lipinski definition) is 1. The van der Waals surface area contributed by atoms with Crippen molar-refractivity contribution in [2.24, 2.45) is 5.73 Å². The SMILES string of the molecule is NC(=O)Cc1ccc(CCCCc2ccc(F)cc2)cc1. The first-order valence-electron chi connectivity index (χ1n) is 7.24. The molecule has 0 spiro atoms. The van der Waals surface area contributed by atoms with Crippen LogP contribution in [-0.2, 0) is 24.1 Å². The summed E-state index contributed by atoms with van der Waals surface area (Å²) in [6, 6.07) is 14.7. The Morgan fingerprint density at radius 1 is 0.810 bits per heavy atom. The second kappa shape index (κ2) is 7.58. The van der Waals surface area contributed by atoms with Crippen LogP contribution in [-0.4, -0.2) is 5.91 Å². The van der Waals surface area contributed by atoms with Crippen LogP contribution in [0.5, 0.6) is 0 Å². The van der Waals surface area contributed by atoms with E-state index in [1.54, 1.807) is 0 Å². The number of carbonyl (C=O) groups is 1. The molecular weight excluding hydrogens is 265 g/mol. The molecule has 0 atom stereocenters. The van der Waals surface area contributed by atoms with Gasteiger partial charge in [-0.05, 0) is 54.5 Å². The predicted molar refractivity (Wildman–Crippen MR) is 82.4 cm³/mol. The Morgan fingerprint density at radius 3 is 1.71 bits per heavy atom. The Labute approximate surface area is 124 Å². The zero-order valence-electron chi connectivity index (χ0n) is 12.0. The summed E-state index contributed by atoms with van der Waals surface area (Å²) in [5.41, 5.74) is 8.56. The van der Waals surface area contributed by atoms with Gasteiger partial charge in [0.1, 0.15) is 5.82 Å². The fourth-order valence-electron chi connectivity index (χ4n) is 2.33. The zero-order valence-corrected chi connectivity index (χ0v) is 12.0. The Hall–Kier alpha value is -2.16. The van der Waals surface area contributed by atoms with E-state index >= 15 is 0 Å². The Bertz CT molecular complexity index is 575. The molecule has 0 saturated heterocycles. The normalized spacial score (nSPS) is 10.5. The molecule has 3 heteroatoms. The third kappa shape index (κ3) is 5.38. The van der Waals surface area contributed by atoms with Gasteiger partial charge in [0.05, 0.1) is 6.42 Å². The van der Waals surface area contributed by atoms with Gasteiger partial charge in [-0.15, -0.1) is 0 Å². The van der Waals surface area contributed by atoms with Gasteiger partial charge in [-0.1, -0.05) is 36.4 Å². The molecule has 0 fully saturated rings. The third-order valence-electron chi connectivity index (χ3n) is 3.50. The highest BCUT2D eigenvalue weighted by Crippen LogP contribution is 2.11. The van der Waals surface area contributed by atoms with Crippen LogP contribution in [0.15, 0.2) is 48.5 Å². The van der Waals surface area contributed by atoms with Crippen LogP contribution in [0.1, 0.15) is 29.5 Å². The van der Waals surface area contributed by atoms with Gasteiger partial charge in [0.2, 0.25) is 5.91 Å². The molecule has 0 aliphatic heterocycles. The van der Waals surface area contributed by atoms with Gasteiger partial charge in [0.25, 0.3) is 0 Å². The molecule has 0 saturated carbocycles. The lowest BCUT2D eigenvalue weighted by Gasteiger charge is -2.04. The molecule has 0 unspecified atom stereocenters. The topological polar surface area (TPSA) is 43.1 Å². The highest BCUT2D eigenvalue weighted by molar-refractivity contribution is 5.76. The first-order chi connectivity index (χ1) is 10.1. The first-order valence-corrected chi connectivity index (χ1v) is 7.24. The van der Waals surface area contributed by atoms with Crippen molar-refractivity contribution in [2.75, 3.05) is 0 Å². The number of amides is 1. The molecule has 1 amide bonds. The van der Waals surface area contributed by atoms with Crippen molar-refractivity contribution in [2.45, 2.75) is 32.1 Å².